The van der Waals surface area contributed by atoms with Gasteiger partial charge in [-0.05, 0) is 50.9 Å². The molecule has 0 saturated heterocycles. The van der Waals surface area contributed by atoms with Crippen LogP contribution in [0.4, 0.5) is 0 Å². The first-order chi connectivity index (χ1) is 27.0. The molecule has 0 fully saturated rings. The van der Waals surface area contributed by atoms with Gasteiger partial charge < -0.3 is 29.7 Å². The van der Waals surface area contributed by atoms with E-state index in [1.54, 1.807) is 24.3 Å². The Morgan fingerprint density at radius 1 is 0.661 bits per heavy atom. The van der Waals surface area contributed by atoms with Crippen LogP contribution in [0, 0.1) is 5.92 Å². The second-order valence-corrected chi connectivity index (χ2v) is 15.8. The SMILES string of the molecule is CC/C=C\C/C=C\C/C=C\C/C=C\C=C/C(O)C/C=C\CCC(=O)O[C@H](COC(=O)CCCCCCCCCCCCC(C)C)COP(=O)(O)OC[C@@H](O)CO. The number of phosphoric acid groups is 1. The second kappa shape index (κ2) is 37.9. The van der Waals surface area contributed by atoms with Crippen molar-refractivity contribution >= 4 is 19.8 Å². The van der Waals surface area contributed by atoms with Crippen LogP contribution in [0.2, 0.25) is 0 Å². The largest absolute Gasteiger partial charge is 0.472 e. The minimum atomic E-state index is -4.67. The van der Waals surface area contributed by atoms with Gasteiger partial charge in [-0.1, -0.05) is 158 Å². The Bertz CT molecular complexity index is 1190. The Hall–Kier alpha value is -2.63. The first-order valence-corrected chi connectivity index (χ1v) is 22.4. The van der Waals surface area contributed by atoms with Crippen LogP contribution in [0.1, 0.15) is 143 Å². The molecule has 11 nitrogen and oxygen atoms in total. The summed E-state index contributed by atoms with van der Waals surface area (Å²) >= 11 is 0. The number of phosphoric ester groups is 1. The average molecular weight is 811 g/mol. The summed E-state index contributed by atoms with van der Waals surface area (Å²) in [4.78, 5) is 34.9. The molecule has 0 saturated carbocycles. The van der Waals surface area contributed by atoms with Crippen molar-refractivity contribution in [1.29, 1.82) is 0 Å². The van der Waals surface area contributed by atoms with Gasteiger partial charge in [0.25, 0.3) is 0 Å². The van der Waals surface area contributed by atoms with Crippen molar-refractivity contribution < 1.29 is 52.9 Å². The lowest BCUT2D eigenvalue weighted by atomic mass is 10.0. The smallest absolute Gasteiger partial charge is 0.462 e. The molecule has 0 spiro atoms. The lowest BCUT2D eigenvalue weighted by Gasteiger charge is -2.20. The molecule has 4 N–H and O–H groups in total. The summed E-state index contributed by atoms with van der Waals surface area (Å²) < 4.78 is 32.5. The summed E-state index contributed by atoms with van der Waals surface area (Å²) in [5.41, 5.74) is 0. The molecule has 4 atom stereocenters. The van der Waals surface area contributed by atoms with Gasteiger partial charge >= 0.3 is 19.8 Å². The molecule has 0 aliphatic heterocycles. The zero-order valence-corrected chi connectivity index (χ0v) is 35.5. The van der Waals surface area contributed by atoms with E-state index in [4.69, 9.17) is 19.1 Å². The number of hydrogen-bond donors (Lipinski definition) is 4. The number of unbranched alkanes of at least 4 members (excludes halogenated alkanes) is 9. The van der Waals surface area contributed by atoms with E-state index in [0.29, 0.717) is 19.3 Å². The highest BCUT2D eigenvalue weighted by atomic mass is 31.2. The number of rotatable bonds is 37. The minimum Gasteiger partial charge on any atom is -0.462 e. The monoisotopic (exact) mass is 811 g/mol. The molecule has 0 bridgehead atoms. The highest BCUT2D eigenvalue weighted by Crippen LogP contribution is 2.43. The van der Waals surface area contributed by atoms with Crippen LogP contribution in [0.3, 0.4) is 0 Å². The fourth-order valence-electron chi connectivity index (χ4n) is 5.17. The molecule has 12 heteroatoms. The molecule has 0 aromatic rings. The van der Waals surface area contributed by atoms with Crippen molar-refractivity contribution in [3.63, 3.8) is 0 Å². The second-order valence-electron chi connectivity index (χ2n) is 14.3. The fourth-order valence-corrected chi connectivity index (χ4v) is 5.96. The molecule has 0 amide bonds. The highest BCUT2D eigenvalue weighted by molar-refractivity contribution is 7.47. The van der Waals surface area contributed by atoms with Crippen LogP contribution >= 0.6 is 7.82 Å². The summed E-state index contributed by atoms with van der Waals surface area (Å²) in [6.07, 6.45) is 37.7. The van der Waals surface area contributed by atoms with Crippen molar-refractivity contribution in [2.75, 3.05) is 26.4 Å². The van der Waals surface area contributed by atoms with Gasteiger partial charge in [0.2, 0.25) is 0 Å². The van der Waals surface area contributed by atoms with Crippen LogP contribution < -0.4 is 0 Å². The predicted molar refractivity (Wildman–Crippen MR) is 225 cm³/mol. The molecule has 0 aliphatic rings. The third-order valence-electron chi connectivity index (χ3n) is 8.40. The van der Waals surface area contributed by atoms with Crippen LogP contribution in [0.25, 0.3) is 0 Å². The third kappa shape index (κ3) is 38.3. The Kier molecular flexibility index (Phi) is 36.1. The van der Waals surface area contributed by atoms with E-state index < -0.39 is 57.9 Å². The maximum Gasteiger partial charge on any atom is 0.472 e. The molecular weight excluding hydrogens is 735 g/mol. The molecule has 2 unspecified atom stereocenters. The van der Waals surface area contributed by atoms with Crippen LogP contribution in [-0.4, -0.2) is 76.9 Å². The van der Waals surface area contributed by atoms with Crippen molar-refractivity contribution in [1.82, 2.24) is 0 Å². The molecule has 56 heavy (non-hydrogen) atoms. The van der Waals surface area contributed by atoms with E-state index in [2.05, 4.69) is 61.8 Å². The summed E-state index contributed by atoms with van der Waals surface area (Å²) in [7, 11) is -4.67. The quantitative estimate of drug-likeness (QED) is 0.0155. The predicted octanol–water partition coefficient (Wildman–Crippen LogP) is 9.71. The standard InChI is InChI=1S/C44H75O11P/c1-4-5-6-7-8-9-10-11-12-16-19-22-26-31-40(46)32-27-24-29-34-44(49)55-42(38-54-56(50,51)53-36-41(47)35-45)37-52-43(48)33-28-23-20-17-14-13-15-18-21-25-30-39(2)3/h5-6,8-9,11-12,19,22,24,26-27,31,39-42,45-47H,4,7,10,13-18,20-21,23,25,28-30,32-38H2,1-3H3,(H,50,51)/b6-5-,9-8-,12-11-,22-19-,27-24-,31-26-/t40?,41-,42+/m0/s1. The van der Waals surface area contributed by atoms with Crippen molar-refractivity contribution in [2.45, 2.75) is 161 Å². The van der Waals surface area contributed by atoms with E-state index in [9.17, 15) is 29.3 Å². The number of ether oxygens (including phenoxy) is 2. The Morgan fingerprint density at radius 2 is 1.23 bits per heavy atom. The Labute approximate surface area is 338 Å². The number of aliphatic hydroxyl groups excluding tert-OH is 3. The topological polar surface area (TPSA) is 169 Å². The number of hydrogen-bond acceptors (Lipinski definition) is 10. The van der Waals surface area contributed by atoms with Gasteiger partial charge in [-0.15, -0.1) is 0 Å². The van der Waals surface area contributed by atoms with E-state index >= 15 is 0 Å². The normalized spacial score (nSPS) is 15.3. The van der Waals surface area contributed by atoms with Gasteiger partial charge in [0, 0.05) is 12.8 Å². The molecule has 0 heterocycles. The van der Waals surface area contributed by atoms with Gasteiger partial charge in [0.15, 0.2) is 6.10 Å². The summed E-state index contributed by atoms with van der Waals surface area (Å²) in [5, 5.41) is 28.5. The highest BCUT2D eigenvalue weighted by Gasteiger charge is 2.27. The maximum absolute atomic E-state index is 12.6. The zero-order chi connectivity index (χ0) is 41.5. The molecule has 0 rings (SSSR count). The van der Waals surface area contributed by atoms with Crippen LogP contribution in [0.15, 0.2) is 72.9 Å². The molecule has 0 aromatic carbocycles. The number of allylic oxidation sites excluding steroid dienone is 10. The molecule has 0 aliphatic carbocycles. The number of aliphatic hydroxyl groups is 3. The van der Waals surface area contributed by atoms with Crippen LogP contribution in [-0.2, 0) is 32.7 Å². The van der Waals surface area contributed by atoms with E-state index in [1.165, 1.54) is 44.9 Å². The van der Waals surface area contributed by atoms with E-state index in [0.717, 1.165) is 50.9 Å². The lowest BCUT2D eigenvalue weighted by Crippen LogP contribution is -2.29. The summed E-state index contributed by atoms with van der Waals surface area (Å²) in [6, 6.07) is 0. The van der Waals surface area contributed by atoms with Gasteiger partial charge in [0.05, 0.1) is 25.9 Å². The van der Waals surface area contributed by atoms with Crippen molar-refractivity contribution in [2.24, 2.45) is 5.92 Å². The van der Waals surface area contributed by atoms with E-state index in [1.807, 2.05) is 12.2 Å². The molecule has 0 radical (unpaired) electrons. The first-order valence-electron chi connectivity index (χ1n) is 20.9. The van der Waals surface area contributed by atoms with Gasteiger partial charge in [-0.2, -0.15) is 0 Å². The number of carbonyl (C=O) groups excluding carboxylic acids is 2. The Balaban J connectivity index is 4.57. The Morgan fingerprint density at radius 3 is 1.84 bits per heavy atom. The lowest BCUT2D eigenvalue weighted by molar-refractivity contribution is -0.161. The van der Waals surface area contributed by atoms with Gasteiger partial charge in [0.1, 0.15) is 12.7 Å². The van der Waals surface area contributed by atoms with Gasteiger partial charge in [-0.3, -0.25) is 18.6 Å². The zero-order valence-electron chi connectivity index (χ0n) is 34.6. The average Bonchev–Trinajstić information content (AvgIpc) is 3.16. The molecular formula is C44H75O11P. The van der Waals surface area contributed by atoms with Gasteiger partial charge in [-0.25, -0.2) is 4.57 Å². The summed E-state index contributed by atoms with van der Waals surface area (Å²) in [6.45, 7) is 4.34. The minimum absolute atomic E-state index is 0.0249. The number of carbonyl (C=O) groups is 2. The first kappa shape index (κ1) is 53.4. The molecule has 0 aromatic heterocycles. The summed E-state index contributed by atoms with van der Waals surface area (Å²) in [5.74, 6) is -0.335. The fraction of sp³-hybridized carbons (Fsp3) is 0.682. The van der Waals surface area contributed by atoms with Crippen molar-refractivity contribution in [3.05, 3.63) is 72.9 Å². The van der Waals surface area contributed by atoms with Crippen LogP contribution in [0.5, 0.6) is 0 Å². The number of esters is 2. The molecule has 322 valence electrons. The third-order valence-corrected chi connectivity index (χ3v) is 9.35. The maximum atomic E-state index is 12.6. The van der Waals surface area contributed by atoms with Crippen molar-refractivity contribution in [3.8, 4) is 0 Å². The van der Waals surface area contributed by atoms with E-state index in [-0.39, 0.29) is 19.4 Å².